The third-order valence-electron chi connectivity index (χ3n) is 5.30. The number of carbonyl (C=O) groups excluding carboxylic acids is 1. The Morgan fingerprint density at radius 2 is 2.19 bits per heavy atom. The average Bonchev–Trinajstić information content (AvgIpc) is 3.18. The molecule has 0 aliphatic carbocycles. The van der Waals surface area contributed by atoms with Crippen molar-refractivity contribution in [1.82, 2.24) is 19.4 Å². The third kappa shape index (κ3) is 3.70. The highest BCUT2D eigenvalue weighted by Gasteiger charge is 2.28. The molecule has 1 aromatic carbocycles. The Bertz CT molecular complexity index is 949. The Morgan fingerprint density at radius 3 is 3.00 bits per heavy atom. The van der Waals surface area contributed by atoms with E-state index in [9.17, 15) is 9.18 Å². The first kappa shape index (κ1) is 17.6. The van der Waals surface area contributed by atoms with Gasteiger partial charge in [0, 0.05) is 48.7 Å². The van der Waals surface area contributed by atoms with E-state index in [1.807, 2.05) is 35.0 Å². The SMILES string of the molecule is Cc1cc(C(=O)N2CCCC[C@H]2CCn2ccnc2)c2ccc(F)cc2n1. The molecule has 0 radical (unpaired) electrons. The molecule has 0 bridgehead atoms. The molecule has 6 heteroatoms. The summed E-state index contributed by atoms with van der Waals surface area (Å²) in [6, 6.07) is 6.48. The smallest absolute Gasteiger partial charge is 0.254 e. The second-order valence-corrected chi connectivity index (χ2v) is 7.21. The summed E-state index contributed by atoms with van der Waals surface area (Å²) < 4.78 is 15.7. The Kier molecular flexibility index (Phi) is 4.88. The molecule has 2 aromatic heterocycles. The molecule has 1 atom stereocenters. The molecule has 1 aliphatic heterocycles. The normalized spacial score (nSPS) is 17.4. The molecular formula is C21H23FN4O. The minimum atomic E-state index is -0.338. The highest BCUT2D eigenvalue weighted by molar-refractivity contribution is 6.06. The van der Waals surface area contributed by atoms with E-state index < -0.39 is 0 Å². The molecule has 1 amide bonds. The molecular weight excluding hydrogens is 343 g/mol. The van der Waals surface area contributed by atoms with E-state index in [1.165, 1.54) is 12.1 Å². The number of pyridine rings is 1. The number of rotatable bonds is 4. The van der Waals surface area contributed by atoms with Crippen LogP contribution in [0, 0.1) is 12.7 Å². The summed E-state index contributed by atoms with van der Waals surface area (Å²) in [5.74, 6) is -0.317. The predicted molar refractivity (Wildman–Crippen MR) is 102 cm³/mol. The zero-order chi connectivity index (χ0) is 18.8. The van der Waals surface area contributed by atoms with Crippen molar-refractivity contribution in [2.75, 3.05) is 6.54 Å². The number of nitrogens with zero attached hydrogens (tertiary/aromatic N) is 4. The summed E-state index contributed by atoms with van der Waals surface area (Å²) in [6.45, 7) is 3.45. The number of carbonyl (C=O) groups is 1. The van der Waals surface area contributed by atoms with E-state index in [2.05, 4.69) is 9.97 Å². The summed E-state index contributed by atoms with van der Waals surface area (Å²) in [4.78, 5) is 23.9. The average molecular weight is 366 g/mol. The number of piperidine rings is 1. The second-order valence-electron chi connectivity index (χ2n) is 7.21. The Labute approximate surface area is 157 Å². The van der Waals surface area contributed by atoms with Crippen LogP contribution in [0.25, 0.3) is 10.9 Å². The van der Waals surface area contributed by atoms with Crippen molar-refractivity contribution < 1.29 is 9.18 Å². The second kappa shape index (κ2) is 7.47. The molecule has 3 aromatic rings. The summed E-state index contributed by atoms with van der Waals surface area (Å²) in [5, 5.41) is 0.714. The molecule has 140 valence electrons. The van der Waals surface area contributed by atoms with Crippen molar-refractivity contribution in [2.45, 2.75) is 45.2 Å². The van der Waals surface area contributed by atoms with E-state index in [-0.39, 0.29) is 17.8 Å². The third-order valence-corrected chi connectivity index (χ3v) is 5.30. The summed E-state index contributed by atoms with van der Waals surface area (Å²) in [6.07, 6.45) is 9.60. The van der Waals surface area contributed by atoms with E-state index >= 15 is 0 Å². The van der Waals surface area contributed by atoms with Crippen LogP contribution in [0.5, 0.6) is 0 Å². The van der Waals surface area contributed by atoms with Gasteiger partial charge in [-0.15, -0.1) is 0 Å². The molecule has 5 nitrogen and oxygen atoms in total. The van der Waals surface area contributed by atoms with Gasteiger partial charge in [-0.25, -0.2) is 9.37 Å². The van der Waals surface area contributed by atoms with Gasteiger partial charge in [0.1, 0.15) is 5.82 Å². The van der Waals surface area contributed by atoms with Gasteiger partial charge in [-0.05, 0) is 50.8 Å². The number of fused-ring (bicyclic) bond motifs is 1. The van der Waals surface area contributed by atoms with Gasteiger partial charge in [0.25, 0.3) is 5.91 Å². The van der Waals surface area contributed by atoms with Gasteiger partial charge in [0.15, 0.2) is 0 Å². The molecule has 27 heavy (non-hydrogen) atoms. The number of hydrogen-bond donors (Lipinski definition) is 0. The molecule has 1 aliphatic rings. The van der Waals surface area contributed by atoms with Crippen molar-refractivity contribution in [3.8, 4) is 0 Å². The van der Waals surface area contributed by atoms with Gasteiger partial charge in [-0.2, -0.15) is 0 Å². The van der Waals surface area contributed by atoms with Gasteiger partial charge < -0.3 is 9.47 Å². The summed E-state index contributed by atoms with van der Waals surface area (Å²) in [5.41, 5.74) is 1.88. The number of likely N-dealkylation sites (tertiary alicyclic amines) is 1. The zero-order valence-corrected chi connectivity index (χ0v) is 15.4. The van der Waals surface area contributed by atoms with Crippen LogP contribution in [-0.4, -0.2) is 37.9 Å². The molecule has 0 unspecified atom stereocenters. The fourth-order valence-corrected chi connectivity index (χ4v) is 3.95. The number of benzene rings is 1. The van der Waals surface area contributed by atoms with Crippen LogP contribution in [0.2, 0.25) is 0 Å². The number of aromatic nitrogens is 3. The molecule has 0 N–H and O–H groups in total. The first-order valence-corrected chi connectivity index (χ1v) is 9.45. The Balaban J connectivity index is 1.62. The van der Waals surface area contributed by atoms with Gasteiger partial charge in [-0.1, -0.05) is 0 Å². The van der Waals surface area contributed by atoms with Gasteiger partial charge in [0.05, 0.1) is 17.4 Å². The van der Waals surface area contributed by atoms with E-state index in [1.54, 1.807) is 12.3 Å². The summed E-state index contributed by atoms with van der Waals surface area (Å²) in [7, 11) is 0. The first-order chi connectivity index (χ1) is 13.1. The van der Waals surface area contributed by atoms with Crippen LogP contribution in [0.4, 0.5) is 4.39 Å². The highest BCUT2D eigenvalue weighted by Crippen LogP contribution is 2.26. The van der Waals surface area contributed by atoms with Crippen molar-refractivity contribution in [1.29, 1.82) is 0 Å². The number of hydrogen-bond acceptors (Lipinski definition) is 3. The van der Waals surface area contributed by atoms with Crippen LogP contribution in [-0.2, 0) is 6.54 Å². The quantitative estimate of drug-likeness (QED) is 0.702. The maximum atomic E-state index is 13.6. The molecule has 0 spiro atoms. The van der Waals surface area contributed by atoms with Gasteiger partial charge >= 0.3 is 0 Å². The maximum absolute atomic E-state index is 13.6. The van der Waals surface area contributed by atoms with E-state index in [0.29, 0.717) is 16.5 Å². The minimum Gasteiger partial charge on any atom is -0.337 e. The number of aryl methyl sites for hydroxylation is 2. The lowest BCUT2D eigenvalue weighted by molar-refractivity contribution is 0.0597. The number of halogens is 1. The van der Waals surface area contributed by atoms with Gasteiger partial charge in [0.2, 0.25) is 0 Å². The first-order valence-electron chi connectivity index (χ1n) is 9.45. The molecule has 1 saturated heterocycles. The monoisotopic (exact) mass is 366 g/mol. The number of amides is 1. The van der Waals surface area contributed by atoms with Crippen LogP contribution < -0.4 is 0 Å². The Hall–Kier alpha value is -2.76. The lowest BCUT2D eigenvalue weighted by Crippen LogP contribution is -2.44. The zero-order valence-electron chi connectivity index (χ0n) is 15.4. The van der Waals surface area contributed by atoms with Crippen molar-refractivity contribution >= 4 is 16.8 Å². The molecule has 1 fully saturated rings. The molecule has 0 saturated carbocycles. The lowest BCUT2D eigenvalue weighted by atomic mass is 9.97. The highest BCUT2D eigenvalue weighted by atomic mass is 19.1. The van der Waals surface area contributed by atoms with E-state index in [4.69, 9.17) is 0 Å². The minimum absolute atomic E-state index is 0.0208. The fraction of sp³-hybridized carbons (Fsp3) is 0.381. The topological polar surface area (TPSA) is 51.0 Å². The summed E-state index contributed by atoms with van der Waals surface area (Å²) >= 11 is 0. The lowest BCUT2D eigenvalue weighted by Gasteiger charge is -2.36. The van der Waals surface area contributed by atoms with Crippen molar-refractivity contribution in [2.24, 2.45) is 0 Å². The van der Waals surface area contributed by atoms with Gasteiger partial charge in [-0.3, -0.25) is 9.78 Å². The fourth-order valence-electron chi connectivity index (χ4n) is 3.95. The predicted octanol–water partition coefficient (Wildman–Crippen LogP) is 3.96. The maximum Gasteiger partial charge on any atom is 0.254 e. The van der Waals surface area contributed by atoms with Crippen LogP contribution in [0.3, 0.4) is 0 Å². The van der Waals surface area contributed by atoms with Crippen LogP contribution in [0.1, 0.15) is 41.7 Å². The Morgan fingerprint density at radius 1 is 1.30 bits per heavy atom. The standard InChI is InChI=1S/C21H23FN4O/c1-15-12-19(18-6-5-16(22)13-20(18)24-15)21(27)26-9-3-2-4-17(26)7-10-25-11-8-23-14-25/h5-6,8,11-14,17H,2-4,7,9-10H2,1H3/t17-/m0/s1. The molecule has 3 heterocycles. The van der Waals surface area contributed by atoms with Crippen LogP contribution >= 0.6 is 0 Å². The van der Waals surface area contributed by atoms with Crippen molar-refractivity contribution in [3.05, 3.63) is 60.1 Å². The van der Waals surface area contributed by atoms with E-state index in [0.717, 1.165) is 44.5 Å². The van der Waals surface area contributed by atoms with Crippen LogP contribution in [0.15, 0.2) is 43.0 Å². The largest absolute Gasteiger partial charge is 0.337 e. The number of imidazole rings is 1. The molecule has 4 rings (SSSR count). The van der Waals surface area contributed by atoms with Crippen molar-refractivity contribution in [3.63, 3.8) is 0 Å².